The molecule has 2 nitrogen and oxygen atoms in total. The van der Waals surface area contributed by atoms with E-state index < -0.39 is 0 Å². The lowest BCUT2D eigenvalue weighted by atomic mass is 10.1. The summed E-state index contributed by atoms with van der Waals surface area (Å²) in [6, 6.07) is 13.3. The van der Waals surface area contributed by atoms with E-state index in [9.17, 15) is 4.39 Å². The minimum Gasteiger partial charge on any atom is -0.399 e. The number of nitrogens with two attached hydrogens (primary N) is 1. The topological polar surface area (TPSA) is 29.3 Å². The second kappa shape index (κ2) is 7.05. The molecule has 2 rings (SSSR count). The summed E-state index contributed by atoms with van der Waals surface area (Å²) in [6.45, 7) is 5.81. The van der Waals surface area contributed by atoms with Crippen molar-refractivity contribution in [1.82, 2.24) is 4.90 Å². The van der Waals surface area contributed by atoms with Crippen molar-refractivity contribution >= 4 is 21.6 Å². The lowest BCUT2D eigenvalue weighted by molar-refractivity contribution is 0.203. The molecule has 0 bridgehead atoms. The molecule has 0 aliphatic heterocycles. The Bertz CT molecular complexity index is 576. The van der Waals surface area contributed by atoms with Crippen LogP contribution in [0.1, 0.15) is 25.0 Å². The Hall–Kier alpha value is -1.39. The van der Waals surface area contributed by atoms with Gasteiger partial charge in [-0.15, -0.1) is 0 Å². The Morgan fingerprint density at radius 3 is 2.24 bits per heavy atom. The average molecular weight is 351 g/mol. The molecule has 0 atom stereocenters. The van der Waals surface area contributed by atoms with E-state index in [1.807, 2.05) is 30.3 Å². The first-order chi connectivity index (χ1) is 9.94. The highest BCUT2D eigenvalue weighted by atomic mass is 79.9. The molecule has 0 aromatic heterocycles. The molecule has 0 radical (unpaired) electrons. The molecule has 2 N–H and O–H groups in total. The van der Waals surface area contributed by atoms with Gasteiger partial charge in [-0.3, -0.25) is 4.90 Å². The SMILES string of the molecule is CC(C)N(Cc1ccc(N)cc1)Cc1cc(F)cc(Br)c1. The third-order valence-corrected chi connectivity index (χ3v) is 3.86. The van der Waals surface area contributed by atoms with Gasteiger partial charge in [-0.1, -0.05) is 28.1 Å². The van der Waals surface area contributed by atoms with Gasteiger partial charge in [0, 0.05) is 29.3 Å². The van der Waals surface area contributed by atoms with Gasteiger partial charge in [0.1, 0.15) is 5.82 Å². The molecule has 0 unspecified atom stereocenters. The summed E-state index contributed by atoms with van der Waals surface area (Å²) < 4.78 is 14.3. The third kappa shape index (κ3) is 4.83. The summed E-state index contributed by atoms with van der Waals surface area (Å²) in [6.07, 6.45) is 0. The molecule has 0 aliphatic rings. The summed E-state index contributed by atoms with van der Waals surface area (Å²) in [5.41, 5.74) is 8.65. The normalized spacial score (nSPS) is 11.3. The summed E-state index contributed by atoms with van der Waals surface area (Å²) in [7, 11) is 0. The van der Waals surface area contributed by atoms with Crippen LogP contribution in [0.15, 0.2) is 46.9 Å². The van der Waals surface area contributed by atoms with Gasteiger partial charge in [-0.05, 0) is 55.3 Å². The number of nitrogen functional groups attached to an aromatic ring is 1. The van der Waals surface area contributed by atoms with E-state index >= 15 is 0 Å². The van der Waals surface area contributed by atoms with E-state index in [0.717, 1.165) is 22.3 Å². The third-order valence-electron chi connectivity index (χ3n) is 3.40. The van der Waals surface area contributed by atoms with Crippen molar-refractivity contribution in [2.75, 3.05) is 5.73 Å². The number of rotatable bonds is 5. The van der Waals surface area contributed by atoms with Crippen molar-refractivity contribution in [2.45, 2.75) is 33.0 Å². The van der Waals surface area contributed by atoms with Crippen LogP contribution in [-0.4, -0.2) is 10.9 Å². The van der Waals surface area contributed by atoms with Crippen LogP contribution in [0.4, 0.5) is 10.1 Å². The van der Waals surface area contributed by atoms with Gasteiger partial charge in [0.15, 0.2) is 0 Å². The fourth-order valence-corrected chi connectivity index (χ4v) is 2.73. The van der Waals surface area contributed by atoms with Crippen LogP contribution in [0.25, 0.3) is 0 Å². The van der Waals surface area contributed by atoms with Gasteiger partial charge in [-0.25, -0.2) is 4.39 Å². The number of anilines is 1. The summed E-state index contributed by atoms with van der Waals surface area (Å²) in [4.78, 5) is 2.30. The molecule has 0 amide bonds. The molecular formula is C17H20BrFN2. The molecule has 0 spiro atoms. The molecular weight excluding hydrogens is 331 g/mol. The van der Waals surface area contributed by atoms with Gasteiger partial charge >= 0.3 is 0 Å². The van der Waals surface area contributed by atoms with Crippen LogP contribution in [0, 0.1) is 5.82 Å². The van der Waals surface area contributed by atoms with Gasteiger partial charge in [0.25, 0.3) is 0 Å². The minimum atomic E-state index is -0.212. The number of halogens is 2. The van der Waals surface area contributed by atoms with Crippen molar-refractivity contribution in [3.05, 3.63) is 63.9 Å². The van der Waals surface area contributed by atoms with Gasteiger partial charge in [0.05, 0.1) is 0 Å². The lowest BCUT2D eigenvalue weighted by Crippen LogP contribution is -2.29. The molecule has 21 heavy (non-hydrogen) atoms. The van der Waals surface area contributed by atoms with Crippen molar-refractivity contribution < 1.29 is 4.39 Å². The number of benzene rings is 2. The lowest BCUT2D eigenvalue weighted by Gasteiger charge is -2.27. The summed E-state index contributed by atoms with van der Waals surface area (Å²) in [5, 5.41) is 0. The van der Waals surface area contributed by atoms with Gasteiger partial charge in [0.2, 0.25) is 0 Å². The van der Waals surface area contributed by atoms with Crippen LogP contribution < -0.4 is 5.73 Å². The molecule has 4 heteroatoms. The van der Waals surface area contributed by atoms with Crippen molar-refractivity contribution in [2.24, 2.45) is 0 Å². The van der Waals surface area contributed by atoms with Crippen LogP contribution >= 0.6 is 15.9 Å². The maximum Gasteiger partial charge on any atom is 0.124 e. The Morgan fingerprint density at radius 2 is 1.67 bits per heavy atom. The highest BCUT2D eigenvalue weighted by Gasteiger charge is 2.12. The van der Waals surface area contributed by atoms with Crippen molar-refractivity contribution in [3.8, 4) is 0 Å². The molecule has 0 fully saturated rings. The number of hydrogen-bond acceptors (Lipinski definition) is 2. The molecule has 0 heterocycles. The van der Waals surface area contributed by atoms with Gasteiger partial charge < -0.3 is 5.73 Å². The van der Waals surface area contributed by atoms with E-state index in [2.05, 4.69) is 34.7 Å². The average Bonchev–Trinajstić information content (AvgIpc) is 2.39. The zero-order chi connectivity index (χ0) is 15.4. The molecule has 0 saturated heterocycles. The molecule has 2 aromatic carbocycles. The Kier molecular flexibility index (Phi) is 5.37. The zero-order valence-corrected chi connectivity index (χ0v) is 13.9. The summed E-state index contributed by atoms with van der Waals surface area (Å²) >= 11 is 3.34. The maximum atomic E-state index is 13.5. The van der Waals surface area contributed by atoms with Crippen LogP contribution in [0.2, 0.25) is 0 Å². The maximum absolute atomic E-state index is 13.5. The standard InChI is InChI=1S/C17H20BrFN2/c1-12(2)21(10-13-3-5-17(20)6-4-13)11-14-7-15(18)9-16(19)8-14/h3-9,12H,10-11,20H2,1-2H3. The first-order valence-electron chi connectivity index (χ1n) is 6.97. The molecule has 0 saturated carbocycles. The number of nitrogens with zero attached hydrogens (tertiary/aromatic N) is 1. The van der Waals surface area contributed by atoms with Crippen molar-refractivity contribution in [1.29, 1.82) is 0 Å². The molecule has 0 aliphatic carbocycles. The first kappa shape index (κ1) is 16.0. The largest absolute Gasteiger partial charge is 0.399 e. The fourth-order valence-electron chi connectivity index (χ4n) is 2.22. The molecule has 112 valence electrons. The van der Waals surface area contributed by atoms with E-state index in [4.69, 9.17) is 5.73 Å². The highest BCUT2D eigenvalue weighted by molar-refractivity contribution is 9.10. The Balaban J connectivity index is 2.13. The zero-order valence-electron chi connectivity index (χ0n) is 12.3. The smallest absolute Gasteiger partial charge is 0.124 e. The van der Waals surface area contributed by atoms with Crippen LogP contribution in [-0.2, 0) is 13.1 Å². The van der Waals surface area contributed by atoms with E-state index in [0.29, 0.717) is 12.6 Å². The van der Waals surface area contributed by atoms with Gasteiger partial charge in [-0.2, -0.15) is 0 Å². The van der Waals surface area contributed by atoms with E-state index in [1.54, 1.807) is 6.07 Å². The quantitative estimate of drug-likeness (QED) is 0.799. The predicted octanol–water partition coefficient (Wildman–Crippen LogP) is 4.58. The fraction of sp³-hybridized carbons (Fsp3) is 0.294. The van der Waals surface area contributed by atoms with E-state index in [1.165, 1.54) is 11.6 Å². The highest BCUT2D eigenvalue weighted by Crippen LogP contribution is 2.19. The van der Waals surface area contributed by atoms with Crippen LogP contribution in [0.5, 0.6) is 0 Å². The van der Waals surface area contributed by atoms with Crippen LogP contribution in [0.3, 0.4) is 0 Å². The molecule has 2 aromatic rings. The predicted molar refractivity (Wildman–Crippen MR) is 89.3 cm³/mol. The summed E-state index contributed by atoms with van der Waals surface area (Å²) in [5.74, 6) is -0.212. The number of hydrogen-bond donors (Lipinski definition) is 1. The second-order valence-electron chi connectivity index (χ2n) is 5.52. The second-order valence-corrected chi connectivity index (χ2v) is 6.43. The Morgan fingerprint density at radius 1 is 1.05 bits per heavy atom. The van der Waals surface area contributed by atoms with E-state index in [-0.39, 0.29) is 5.82 Å². The first-order valence-corrected chi connectivity index (χ1v) is 7.77. The van der Waals surface area contributed by atoms with Crippen molar-refractivity contribution in [3.63, 3.8) is 0 Å². The Labute approximate surface area is 133 Å². The monoisotopic (exact) mass is 350 g/mol. The minimum absolute atomic E-state index is 0.212.